The topological polar surface area (TPSA) is 35.6 Å². The number of aryl methyl sites for hydroxylation is 2. The van der Waals surface area contributed by atoms with E-state index in [1.807, 2.05) is 32.0 Å². The average Bonchev–Trinajstić information content (AvgIpc) is 2.42. The van der Waals surface area contributed by atoms with Crippen molar-refractivity contribution in [3.63, 3.8) is 0 Å². The second-order valence-corrected chi connectivity index (χ2v) is 5.61. The Morgan fingerprint density at radius 1 is 1.14 bits per heavy atom. The summed E-state index contributed by atoms with van der Waals surface area (Å²) in [5, 5.41) is 2.79. The van der Waals surface area contributed by atoms with Crippen molar-refractivity contribution in [1.29, 1.82) is 0 Å². The normalized spacial score (nSPS) is 16.7. The summed E-state index contributed by atoms with van der Waals surface area (Å²) in [6, 6.07) is 5.36. The molecule has 4 nitrogen and oxygen atoms in total. The second kappa shape index (κ2) is 6.56. The maximum absolute atomic E-state index is 12.3. The molecule has 1 aromatic rings. The van der Waals surface area contributed by atoms with Gasteiger partial charge in [-0.1, -0.05) is 6.07 Å². The molecule has 22 heavy (non-hydrogen) atoms. The molecule has 1 aliphatic rings. The van der Waals surface area contributed by atoms with Gasteiger partial charge in [-0.3, -0.25) is 4.90 Å². The van der Waals surface area contributed by atoms with E-state index in [0.29, 0.717) is 18.8 Å². The van der Waals surface area contributed by atoms with E-state index in [0.717, 1.165) is 11.1 Å². The Bertz CT molecular complexity index is 537. The number of piperazine rings is 1. The zero-order chi connectivity index (χ0) is 16.3. The lowest BCUT2D eigenvalue weighted by atomic mass is 10.1. The van der Waals surface area contributed by atoms with Crippen molar-refractivity contribution in [2.75, 3.05) is 38.0 Å². The third kappa shape index (κ3) is 4.62. The molecule has 0 unspecified atom stereocenters. The van der Waals surface area contributed by atoms with Crippen molar-refractivity contribution < 1.29 is 18.0 Å². The Labute approximate surface area is 127 Å². The fourth-order valence-electron chi connectivity index (χ4n) is 2.38. The van der Waals surface area contributed by atoms with Crippen LogP contribution in [0.25, 0.3) is 0 Å². The van der Waals surface area contributed by atoms with Crippen LogP contribution in [0, 0.1) is 13.8 Å². The molecule has 122 valence electrons. The molecule has 1 saturated heterocycles. The number of alkyl halides is 3. The lowest BCUT2D eigenvalue weighted by molar-refractivity contribution is -0.148. The van der Waals surface area contributed by atoms with Crippen molar-refractivity contribution in [1.82, 2.24) is 9.80 Å². The second-order valence-electron chi connectivity index (χ2n) is 5.61. The number of hydrogen-bond acceptors (Lipinski definition) is 2. The number of urea groups is 1. The highest BCUT2D eigenvalue weighted by Crippen LogP contribution is 2.18. The molecule has 0 aromatic heterocycles. The van der Waals surface area contributed by atoms with Gasteiger partial charge in [-0.15, -0.1) is 0 Å². The van der Waals surface area contributed by atoms with E-state index in [1.165, 1.54) is 4.90 Å². The molecule has 0 aliphatic carbocycles. The Kier molecular flexibility index (Phi) is 4.95. The van der Waals surface area contributed by atoms with Gasteiger partial charge in [0.15, 0.2) is 0 Å². The van der Waals surface area contributed by atoms with Crippen LogP contribution in [-0.4, -0.2) is 54.7 Å². The SMILES string of the molecule is Cc1ccc(NC(=O)N2CCN(CC(F)(F)F)CC2)cc1C. The zero-order valence-corrected chi connectivity index (χ0v) is 12.7. The smallest absolute Gasteiger partial charge is 0.322 e. The number of carbonyl (C=O) groups is 1. The van der Waals surface area contributed by atoms with Gasteiger partial charge in [0.1, 0.15) is 0 Å². The first kappa shape index (κ1) is 16.6. The van der Waals surface area contributed by atoms with Gasteiger partial charge in [0.05, 0.1) is 6.54 Å². The van der Waals surface area contributed by atoms with Crippen LogP contribution in [0.2, 0.25) is 0 Å². The first-order valence-electron chi connectivity index (χ1n) is 7.17. The minimum atomic E-state index is -4.19. The van der Waals surface area contributed by atoms with E-state index < -0.39 is 12.7 Å². The van der Waals surface area contributed by atoms with Crippen molar-refractivity contribution in [3.05, 3.63) is 29.3 Å². The van der Waals surface area contributed by atoms with Gasteiger partial charge in [0.25, 0.3) is 0 Å². The lowest BCUT2D eigenvalue weighted by Crippen LogP contribution is -2.51. The minimum absolute atomic E-state index is 0.236. The van der Waals surface area contributed by atoms with E-state index in [1.54, 1.807) is 4.90 Å². The predicted octanol–water partition coefficient (Wildman–Crippen LogP) is 3.02. The fourth-order valence-corrected chi connectivity index (χ4v) is 2.38. The van der Waals surface area contributed by atoms with Gasteiger partial charge in [-0.25, -0.2) is 4.79 Å². The van der Waals surface area contributed by atoms with Crippen molar-refractivity contribution in [3.8, 4) is 0 Å². The molecular formula is C15H20F3N3O. The molecular weight excluding hydrogens is 295 g/mol. The molecule has 2 rings (SSSR count). The molecule has 0 saturated carbocycles. The van der Waals surface area contributed by atoms with E-state index in [4.69, 9.17) is 0 Å². The quantitative estimate of drug-likeness (QED) is 0.910. The predicted molar refractivity (Wildman–Crippen MR) is 79.0 cm³/mol. The summed E-state index contributed by atoms with van der Waals surface area (Å²) >= 11 is 0. The van der Waals surface area contributed by atoms with E-state index >= 15 is 0 Å². The maximum Gasteiger partial charge on any atom is 0.401 e. The Hall–Kier alpha value is -1.76. The maximum atomic E-state index is 12.3. The first-order chi connectivity index (χ1) is 10.2. The van der Waals surface area contributed by atoms with Crippen molar-refractivity contribution in [2.24, 2.45) is 0 Å². The standard InChI is InChI=1S/C15H20F3N3O/c1-11-3-4-13(9-12(11)2)19-14(22)21-7-5-20(6-8-21)10-15(16,17)18/h3-4,9H,5-8,10H2,1-2H3,(H,19,22). The molecule has 1 aromatic carbocycles. The number of amides is 2. The molecule has 7 heteroatoms. The Balaban J connectivity index is 1.86. The summed E-state index contributed by atoms with van der Waals surface area (Å²) in [6.07, 6.45) is -4.19. The molecule has 2 amide bonds. The van der Waals surface area contributed by atoms with Crippen LogP contribution in [0.15, 0.2) is 18.2 Å². The van der Waals surface area contributed by atoms with Crippen LogP contribution in [-0.2, 0) is 0 Å². The summed E-state index contributed by atoms with van der Waals surface area (Å²) < 4.78 is 37.0. The molecule has 1 aliphatic heterocycles. The van der Waals surface area contributed by atoms with E-state index in [9.17, 15) is 18.0 Å². The van der Waals surface area contributed by atoms with Crippen LogP contribution in [0.4, 0.5) is 23.7 Å². The number of halogens is 3. The molecule has 0 atom stereocenters. The van der Waals surface area contributed by atoms with Crippen molar-refractivity contribution >= 4 is 11.7 Å². The number of nitrogens with zero attached hydrogens (tertiary/aromatic N) is 2. The molecule has 0 radical (unpaired) electrons. The van der Waals surface area contributed by atoms with Gasteiger partial charge in [-0.2, -0.15) is 13.2 Å². The highest BCUT2D eigenvalue weighted by Gasteiger charge is 2.32. The lowest BCUT2D eigenvalue weighted by Gasteiger charge is -2.34. The van der Waals surface area contributed by atoms with E-state index in [2.05, 4.69) is 5.32 Å². The number of benzene rings is 1. The summed E-state index contributed by atoms with van der Waals surface area (Å²) in [4.78, 5) is 15.0. The fraction of sp³-hybridized carbons (Fsp3) is 0.533. The number of hydrogen-bond donors (Lipinski definition) is 1. The number of anilines is 1. The minimum Gasteiger partial charge on any atom is -0.322 e. The molecule has 0 bridgehead atoms. The van der Waals surface area contributed by atoms with Crippen LogP contribution < -0.4 is 5.32 Å². The first-order valence-corrected chi connectivity index (χ1v) is 7.17. The number of rotatable bonds is 2. The monoisotopic (exact) mass is 315 g/mol. The summed E-state index contributed by atoms with van der Waals surface area (Å²) in [7, 11) is 0. The van der Waals surface area contributed by atoms with Crippen molar-refractivity contribution in [2.45, 2.75) is 20.0 Å². The average molecular weight is 315 g/mol. The summed E-state index contributed by atoms with van der Waals surface area (Å²) in [5.74, 6) is 0. The number of carbonyl (C=O) groups excluding carboxylic acids is 1. The van der Waals surface area contributed by atoms with Crippen LogP contribution >= 0.6 is 0 Å². The summed E-state index contributed by atoms with van der Waals surface area (Å²) in [5.41, 5.74) is 2.91. The van der Waals surface area contributed by atoms with Crippen LogP contribution in [0.1, 0.15) is 11.1 Å². The summed E-state index contributed by atoms with van der Waals surface area (Å²) in [6.45, 7) is 4.10. The highest BCUT2D eigenvalue weighted by atomic mass is 19.4. The van der Waals surface area contributed by atoms with Crippen LogP contribution in [0.3, 0.4) is 0 Å². The van der Waals surface area contributed by atoms with E-state index in [-0.39, 0.29) is 19.1 Å². The number of nitrogens with one attached hydrogen (secondary N) is 1. The zero-order valence-electron chi connectivity index (χ0n) is 12.7. The van der Waals surface area contributed by atoms with Gasteiger partial charge < -0.3 is 10.2 Å². The molecule has 1 fully saturated rings. The van der Waals surface area contributed by atoms with Crippen LogP contribution in [0.5, 0.6) is 0 Å². The van der Waals surface area contributed by atoms with Gasteiger partial charge in [0.2, 0.25) is 0 Å². The Morgan fingerprint density at radius 2 is 1.77 bits per heavy atom. The highest BCUT2D eigenvalue weighted by molar-refractivity contribution is 5.89. The third-order valence-electron chi connectivity index (χ3n) is 3.82. The molecule has 1 heterocycles. The van der Waals surface area contributed by atoms with Gasteiger partial charge in [0, 0.05) is 31.9 Å². The largest absolute Gasteiger partial charge is 0.401 e. The van der Waals surface area contributed by atoms with Gasteiger partial charge >= 0.3 is 12.2 Å². The molecule has 0 spiro atoms. The molecule has 1 N–H and O–H groups in total. The van der Waals surface area contributed by atoms with Gasteiger partial charge in [-0.05, 0) is 37.1 Å². The third-order valence-corrected chi connectivity index (χ3v) is 3.82. The Morgan fingerprint density at radius 3 is 2.32 bits per heavy atom.